The fraction of sp³-hybridized carbons (Fsp3) is 0.188. The van der Waals surface area contributed by atoms with E-state index in [9.17, 15) is 14.0 Å². The van der Waals surface area contributed by atoms with Crippen molar-refractivity contribution < 1.29 is 18.7 Å². The summed E-state index contributed by atoms with van der Waals surface area (Å²) < 4.78 is 22.8. The summed E-state index contributed by atoms with van der Waals surface area (Å²) in [4.78, 5) is 30.9. The van der Waals surface area contributed by atoms with E-state index in [4.69, 9.17) is 9.72 Å². The molecule has 2 aromatic carbocycles. The fourth-order valence-electron chi connectivity index (χ4n) is 5.71. The molecule has 2 amide bonds. The number of nitrogens with zero attached hydrogens (tertiary/aromatic N) is 4. The minimum absolute atomic E-state index is 0.0222. The minimum atomic E-state index is -0.387. The number of carbonyl (C=O) groups excluding carboxylic acids is 2. The predicted octanol–water partition coefficient (Wildman–Crippen LogP) is 5.38. The number of ether oxygens (including phenoxy) is 1. The van der Waals surface area contributed by atoms with Crippen LogP contribution in [0.4, 0.5) is 4.39 Å². The van der Waals surface area contributed by atoms with Gasteiger partial charge in [0.05, 0.1) is 37.2 Å². The highest BCUT2D eigenvalue weighted by Crippen LogP contribution is 2.46. The number of thiophene rings is 1. The molecule has 5 aromatic rings. The molecule has 0 unspecified atom stereocenters. The van der Waals surface area contributed by atoms with Gasteiger partial charge in [0.2, 0.25) is 11.8 Å². The van der Waals surface area contributed by atoms with Crippen LogP contribution >= 0.6 is 11.3 Å². The molecule has 0 saturated carbocycles. The summed E-state index contributed by atoms with van der Waals surface area (Å²) in [5.41, 5.74) is 6.89. The molecule has 2 aliphatic rings. The molecule has 3 aromatic heterocycles. The fourth-order valence-corrected chi connectivity index (χ4v) is 6.66. The van der Waals surface area contributed by atoms with Gasteiger partial charge in [-0.05, 0) is 46.8 Å². The van der Waals surface area contributed by atoms with Gasteiger partial charge in [0.15, 0.2) is 0 Å². The summed E-state index contributed by atoms with van der Waals surface area (Å²) in [6.45, 7) is 5.16. The van der Waals surface area contributed by atoms with Gasteiger partial charge in [-0.25, -0.2) is 9.37 Å². The van der Waals surface area contributed by atoms with E-state index in [2.05, 4.69) is 29.1 Å². The Morgan fingerprint density at radius 2 is 2.00 bits per heavy atom. The molecule has 7 rings (SSSR count). The van der Waals surface area contributed by atoms with Crippen molar-refractivity contribution in [3.8, 4) is 39.4 Å². The molecule has 0 atom stereocenters. The maximum absolute atomic E-state index is 14.3. The number of nitrogens with one attached hydrogen (secondary N) is 1. The van der Waals surface area contributed by atoms with E-state index in [0.717, 1.165) is 49.2 Å². The number of hydrogen-bond acceptors (Lipinski definition) is 6. The first-order valence-corrected chi connectivity index (χ1v) is 14.4. The molecule has 10 heteroatoms. The Bertz CT molecular complexity index is 1910. The second-order valence-electron chi connectivity index (χ2n) is 10.4. The number of hydrogen-bond donors (Lipinski definition) is 1. The first kappa shape index (κ1) is 26.1. The van der Waals surface area contributed by atoms with Crippen LogP contribution in [0.25, 0.3) is 43.7 Å². The van der Waals surface area contributed by atoms with Crippen molar-refractivity contribution in [1.29, 1.82) is 0 Å². The molecule has 2 aliphatic heterocycles. The molecular weight excluding hydrogens is 553 g/mol. The molecule has 42 heavy (non-hydrogen) atoms. The summed E-state index contributed by atoms with van der Waals surface area (Å²) >= 11 is 1.59. The number of amides is 2. The van der Waals surface area contributed by atoms with Crippen LogP contribution in [-0.2, 0) is 22.6 Å². The first-order valence-electron chi connectivity index (χ1n) is 13.5. The first-order chi connectivity index (χ1) is 20.4. The van der Waals surface area contributed by atoms with Crippen molar-refractivity contribution in [1.82, 2.24) is 25.0 Å². The van der Waals surface area contributed by atoms with E-state index in [0.29, 0.717) is 37.5 Å². The summed E-state index contributed by atoms with van der Waals surface area (Å²) in [6.07, 6.45) is 5.42. The number of fused-ring (bicyclic) bond motifs is 2. The van der Waals surface area contributed by atoms with E-state index in [-0.39, 0.29) is 23.7 Å². The Morgan fingerprint density at radius 1 is 1.14 bits per heavy atom. The lowest BCUT2D eigenvalue weighted by atomic mass is 9.93. The zero-order chi connectivity index (χ0) is 29.0. The zero-order valence-corrected chi connectivity index (χ0v) is 23.6. The van der Waals surface area contributed by atoms with Crippen molar-refractivity contribution in [3.05, 3.63) is 89.8 Å². The number of likely N-dealkylation sites (tertiary alicyclic amines) is 1. The maximum atomic E-state index is 14.3. The van der Waals surface area contributed by atoms with Crippen LogP contribution in [0.15, 0.2) is 72.9 Å². The van der Waals surface area contributed by atoms with E-state index in [1.807, 2.05) is 28.4 Å². The van der Waals surface area contributed by atoms with Gasteiger partial charge in [0.1, 0.15) is 11.6 Å². The van der Waals surface area contributed by atoms with E-state index >= 15 is 0 Å². The number of methoxy groups -OCH3 is 1. The van der Waals surface area contributed by atoms with Crippen molar-refractivity contribution >= 4 is 33.2 Å². The van der Waals surface area contributed by atoms with Crippen LogP contribution in [0.1, 0.15) is 17.2 Å². The van der Waals surface area contributed by atoms with Crippen molar-refractivity contribution in [2.75, 3.05) is 20.2 Å². The third kappa shape index (κ3) is 4.35. The van der Waals surface area contributed by atoms with Gasteiger partial charge in [0.25, 0.3) is 0 Å². The monoisotopic (exact) mass is 579 g/mol. The highest BCUT2D eigenvalue weighted by atomic mass is 32.1. The van der Waals surface area contributed by atoms with Crippen LogP contribution in [0.5, 0.6) is 5.75 Å². The second kappa shape index (κ2) is 10.2. The van der Waals surface area contributed by atoms with E-state index in [1.165, 1.54) is 25.3 Å². The lowest BCUT2D eigenvalue weighted by Gasteiger charge is -2.38. The quantitative estimate of drug-likeness (QED) is 0.273. The topological polar surface area (TPSA) is 89.4 Å². The average molecular weight is 580 g/mol. The van der Waals surface area contributed by atoms with E-state index < -0.39 is 0 Å². The number of halogens is 1. The van der Waals surface area contributed by atoms with Gasteiger partial charge in [-0.1, -0.05) is 18.7 Å². The zero-order valence-electron chi connectivity index (χ0n) is 22.8. The van der Waals surface area contributed by atoms with Gasteiger partial charge < -0.3 is 15.0 Å². The van der Waals surface area contributed by atoms with Crippen LogP contribution in [0.2, 0.25) is 0 Å². The van der Waals surface area contributed by atoms with Crippen LogP contribution < -0.4 is 10.1 Å². The molecule has 1 fully saturated rings. The highest BCUT2D eigenvalue weighted by molar-refractivity contribution is 7.18. The normalized spacial score (nSPS) is 14.8. The second-order valence-corrected chi connectivity index (χ2v) is 11.4. The lowest BCUT2D eigenvalue weighted by molar-refractivity contribution is -0.131. The lowest BCUT2D eigenvalue weighted by Crippen LogP contribution is -2.50. The molecule has 8 nitrogen and oxygen atoms in total. The summed E-state index contributed by atoms with van der Waals surface area (Å²) in [6, 6.07) is 12.8. The smallest absolute Gasteiger partial charge is 0.246 e. The number of rotatable bonds is 6. The van der Waals surface area contributed by atoms with Crippen LogP contribution in [0, 0.1) is 5.82 Å². The predicted molar refractivity (Wildman–Crippen MR) is 160 cm³/mol. The number of carbonyl (C=O) groups is 2. The van der Waals surface area contributed by atoms with Crippen molar-refractivity contribution in [2.24, 2.45) is 0 Å². The molecular formula is C32H26FN5O3S. The largest absolute Gasteiger partial charge is 0.496 e. The van der Waals surface area contributed by atoms with Crippen LogP contribution in [0.3, 0.4) is 0 Å². The standard InChI is InChI=1S/C32H26FN5O3S/c1-3-28(40)37-16-23(17-37)38-15-21(14-35-38)31-29(24-7-6-22(33)12-26(24)41-2)32-25(8-9-42-32)30(36-31)19-5-4-18-11-27(39)34-13-20(18)10-19/h3-10,12,14-15,23H,1,11,13,16-17H2,2H3,(H,34,39). The summed E-state index contributed by atoms with van der Waals surface area (Å²) in [7, 11) is 1.53. The summed E-state index contributed by atoms with van der Waals surface area (Å²) in [5, 5.41) is 10.6. The van der Waals surface area contributed by atoms with E-state index in [1.54, 1.807) is 28.5 Å². The molecule has 5 heterocycles. The van der Waals surface area contributed by atoms with Gasteiger partial charge >= 0.3 is 0 Å². The number of benzene rings is 2. The molecule has 210 valence electrons. The van der Waals surface area contributed by atoms with Crippen LogP contribution in [-0.4, -0.2) is 51.7 Å². The van der Waals surface area contributed by atoms with Gasteiger partial charge in [-0.15, -0.1) is 11.3 Å². The molecule has 0 bridgehead atoms. The number of pyridine rings is 1. The third-order valence-corrected chi connectivity index (χ3v) is 8.88. The highest BCUT2D eigenvalue weighted by Gasteiger charge is 2.32. The maximum Gasteiger partial charge on any atom is 0.246 e. The minimum Gasteiger partial charge on any atom is -0.496 e. The molecule has 0 aliphatic carbocycles. The van der Waals surface area contributed by atoms with Crippen molar-refractivity contribution in [3.63, 3.8) is 0 Å². The Labute approximate surface area is 245 Å². The Balaban J connectivity index is 1.40. The van der Waals surface area contributed by atoms with Gasteiger partial charge in [0, 0.05) is 64.2 Å². The average Bonchev–Trinajstić information content (AvgIpc) is 3.66. The SMILES string of the molecule is C=CC(=O)N1CC(n2cc(-c3nc(-c4ccc5c(c4)CNC(=O)C5)c4ccsc4c3-c3ccc(F)cc3OC)cn2)C1. The molecule has 1 saturated heterocycles. The summed E-state index contributed by atoms with van der Waals surface area (Å²) in [5.74, 6) is -0.0472. The Morgan fingerprint density at radius 3 is 2.81 bits per heavy atom. The molecule has 0 spiro atoms. The molecule has 0 radical (unpaired) electrons. The van der Waals surface area contributed by atoms with Crippen molar-refractivity contribution in [2.45, 2.75) is 19.0 Å². The number of aromatic nitrogens is 3. The molecule has 1 N–H and O–H groups in total. The third-order valence-electron chi connectivity index (χ3n) is 7.95. The Kier molecular flexibility index (Phi) is 6.35. The van der Waals surface area contributed by atoms with Gasteiger partial charge in [-0.3, -0.25) is 14.3 Å². The Hall–Kier alpha value is -4.83. The van der Waals surface area contributed by atoms with Gasteiger partial charge in [-0.2, -0.15) is 5.10 Å².